The van der Waals surface area contributed by atoms with E-state index in [1.54, 1.807) is 6.08 Å². The van der Waals surface area contributed by atoms with Gasteiger partial charge in [-0.05, 0) is 42.1 Å². The summed E-state index contributed by atoms with van der Waals surface area (Å²) in [4.78, 5) is 16.0. The Balaban J connectivity index is 1.51. The second-order valence-corrected chi connectivity index (χ2v) is 5.75. The second-order valence-electron chi connectivity index (χ2n) is 4.97. The van der Waals surface area contributed by atoms with E-state index in [4.69, 9.17) is 14.0 Å². The van der Waals surface area contributed by atoms with Gasteiger partial charge in [-0.2, -0.15) is 16.3 Å². The molecule has 25 heavy (non-hydrogen) atoms. The molecule has 1 aromatic carbocycles. The van der Waals surface area contributed by atoms with E-state index in [9.17, 15) is 4.79 Å². The molecule has 128 valence electrons. The number of rotatable bonds is 7. The lowest BCUT2D eigenvalue weighted by molar-refractivity contribution is -0.139. The number of thiophene rings is 1. The molecule has 2 aromatic heterocycles. The van der Waals surface area contributed by atoms with Crippen LogP contribution in [0.25, 0.3) is 17.5 Å². The fourth-order valence-electron chi connectivity index (χ4n) is 2.01. The van der Waals surface area contributed by atoms with Gasteiger partial charge in [0.05, 0.1) is 12.2 Å². The summed E-state index contributed by atoms with van der Waals surface area (Å²) in [5, 5.41) is 7.62. The number of benzene rings is 1. The summed E-state index contributed by atoms with van der Waals surface area (Å²) in [6.45, 7) is 2.50. The monoisotopic (exact) mass is 356 g/mol. The third kappa shape index (κ3) is 4.77. The van der Waals surface area contributed by atoms with E-state index < -0.39 is 5.97 Å². The zero-order chi connectivity index (χ0) is 17.5. The van der Waals surface area contributed by atoms with E-state index in [-0.39, 0.29) is 6.61 Å². The van der Waals surface area contributed by atoms with Crippen molar-refractivity contribution in [1.82, 2.24) is 10.1 Å². The zero-order valence-corrected chi connectivity index (χ0v) is 14.4. The Kier molecular flexibility index (Phi) is 5.58. The number of nitrogens with zero attached hydrogens (tertiary/aromatic N) is 2. The second kappa shape index (κ2) is 8.25. The van der Waals surface area contributed by atoms with E-state index in [1.807, 2.05) is 48.0 Å². The molecule has 2 heterocycles. The lowest BCUT2D eigenvalue weighted by Gasteiger charge is -2.02. The van der Waals surface area contributed by atoms with E-state index >= 15 is 0 Å². The average Bonchev–Trinajstić information content (AvgIpc) is 3.31. The van der Waals surface area contributed by atoms with Gasteiger partial charge in [0.15, 0.2) is 6.61 Å². The third-order valence-electron chi connectivity index (χ3n) is 3.18. The minimum Gasteiger partial charge on any atom is -0.494 e. The van der Waals surface area contributed by atoms with Crippen LogP contribution in [-0.4, -0.2) is 22.7 Å². The van der Waals surface area contributed by atoms with Gasteiger partial charge >= 0.3 is 5.97 Å². The fourth-order valence-corrected chi connectivity index (χ4v) is 2.64. The molecular weight excluding hydrogens is 340 g/mol. The predicted molar refractivity (Wildman–Crippen MR) is 94.1 cm³/mol. The summed E-state index contributed by atoms with van der Waals surface area (Å²) < 4.78 is 15.6. The maximum atomic E-state index is 11.8. The summed E-state index contributed by atoms with van der Waals surface area (Å²) in [6.07, 6.45) is 3.03. The number of ether oxygens (including phenoxy) is 2. The van der Waals surface area contributed by atoms with Crippen LogP contribution in [0.1, 0.15) is 18.3 Å². The van der Waals surface area contributed by atoms with Crippen molar-refractivity contribution in [3.63, 3.8) is 0 Å². The first-order chi connectivity index (χ1) is 12.2. The van der Waals surface area contributed by atoms with Gasteiger partial charge < -0.3 is 14.0 Å². The third-order valence-corrected chi connectivity index (χ3v) is 3.87. The minimum absolute atomic E-state index is 0.0416. The van der Waals surface area contributed by atoms with Crippen molar-refractivity contribution in [1.29, 1.82) is 0 Å². The van der Waals surface area contributed by atoms with Crippen molar-refractivity contribution in [2.24, 2.45) is 0 Å². The van der Waals surface area contributed by atoms with E-state index in [0.717, 1.165) is 16.9 Å². The van der Waals surface area contributed by atoms with Gasteiger partial charge in [0.1, 0.15) is 5.75 Å². The minimum atomic E-state index is -0.476. The van der Waals surface area contributed by atoms with E-state index in [1.165, 1.54) is 17.4 Å². The van der Waals surface area contributed by atoms with Crippen LogP contribution in [0.5, 0.6) is 5.75 Å². The summed E-state index contributed by atoms with van der Waals surface area (Å²) in [5.74, 6) is 1.05. The standard InChI is InChI=1S/C18H16N2O4S/c1-2-22-15-6-3-13(4-7-15)5-8-17(21)23-11-16-19-18(24-20-16)14-9-10-25-12-14/h3-10,12H,2,11H2,1H3/b8-5+. The first-order valence-electron chi connectivity index (χ1n) is 7.67. The Morgan fingerprint density at radius 2 is 2.12 bits per heavy atom. The highest BCUT2D eigenvalue weighted by Gasteiger charge is 2.10. The molecule has 0 saturated heterocycles. The fraction of sp³-hybridized carbons (Fsp3) is 0.167. The highest BCUT2D eigenvalue weighted by atomic mass is 32.1. The van der Waals surface area contributed by atoms with Crippen molar-refractivity contribution < 1.29 is 18.8 Å². The van der Waals surface area contributed by atoms with Gasteiger partial charge in [0, 0.05) is 11.5 Å². The molecule has 3 rings (SSSR count). The van der Waals surface area contributed by atoms with Crippen LogP contribution in [0.15, 0.2) is 51.7 Å². The molecule has 0 aliphatic carbocycles. The topological polar surface area (TPSA) is 74.5 Å². The SMILES string of the molecule is CCOc1ccc(/C=C/C(=O)OCc2noc(-c3ccsc3)n2)cc1. The van der Waals surface area contributed by atoms with Crippen LogP contribution in [0, 0.1) is 0 Å². The molecule has 0 fully saturated rings. The Bertz CT molecular complexity index is 838. The van der Waals surface area contributed by atoms with Crippen molar-refractivity contribution >= 4 is 23.4 Å². The van der Waals surface area contributed by atoms with Crippen LogP contribution in [-0.2, 0) is 16.1 Å². The van der Waals surface area contributed by atoms with Crippen molar-refractivity contribution in [2.45, 2.75) is 13.5 Å². The Morgan fingerprint density at radius 3 is 2.84 bits per heavy atom. The maximum absolute atomic E-state index is 11.8. The lowest BCUT2D eigenvalue weighted by Crippen LogP contribution is -2.02. The number of hydrogen-bond acceptors (Lipinski definition) is 7. The van der Waals surface area contributed by atoms with Crippen LogP contribution >= 0.6 is 11.3 Å². The lowest BCUT2D eigenvalue weighted by atomic mass is 10.2. The van der Waals surface area contributed by atoms with Crippen LogP contribution in [0.4, 0.5) is 0 Å². The highest BCUT2D eigenvalue weighted by molar-refractivity contribution is 7.08. The molecule has 7 heteroatoms. The maximum Gasteiger partial charge on any atom is 0.331 e. The summed E-state index contributed by atoms with van der Waals surface area (Å²) in [5.41, 5.74) is 1.73. The van der Waals surface area contributed by atoms with Crippen molar-refractivity contribution in [3.05, 3.63) is 58.6 Å². The average molecular weight is 356 g/mol. The molecule has 0 amide bonds. The molecule has 0 unspecified atom stereocenters. The normalized spacial score (nSPS) is 10.9. The molecule has 0 aliphatic heterocycles. The first kappa shape index (κ1) is 16.9. The summed E-state index contributed by atoms with van der Waals surface area (Å²) in [7, 11) is 0. The van der Waals surface area contributed by atoms with Gasteiger partial charge in [0.25, 0.3) is 5.89 Å². The first-order valence-corrected chi connectivity index (χ1v) is 8.61. The Morgan fingerprint density at radius 1 is 1.28 bits per heavy atom. The van der Waals surface area contributed by atoms with Crippen LogP contribution < -0.4 is 4.74 Å². The van der Waals surface area contributed by atoms with Gasteiger partial charge in [0.2, 0.25) is 5.82 Å². The number of carbonyl (C=O) groups excluding carboxylic acids is 1. The smallest absolute Gasteiger partial charge is 0.331 e. The summed E-state index contributed by atoms with van der Waals surface area (Å²) in [6, 6.07) is 9.30. The highest BCUT2D eigenvalue weighted by Crippen LogP contribution is 2.20. The van der Waals surface area contributed by atoms with E-state index in [2.05, 4.69) is 10.1 Å². The Labute approximate surface area is 148 Å². The van der Waals surface area contributed by atoms with Crippen molar-refractivity contribution in [3.8, 4) is 17.2 Å². The van der Waals surface area contributed by atoms with Crippen LogP contribution in [0.2, 0.25) is 0 Å². The molecule has 0 aliphatic rings. The molecule has 0 spiro atoms. The number of hydrogen-bond donors (Lipinski definition) is 0. The van der Waals surface area contributed by atoms with Crippen LogP contribution in [0.3, 0.4) is 0 Å². The molecule has 0 bridgehead atoms. The zero-order valence-electron chi connectivity index (χ0n) is 13.5. The van der Waals surface area contributed by atoms with E-state index in [0.29, 0.717) is 18.3 Å². The number of esters is 1. The number of aromatic nitrogens is 2. The molecular formula is C18H16N2O4S. The van der Waals surface area contributed by atoms with Gasteiger partial charge in [-0.3, -0.25) is 0 Å². The molecule has 0 saturated carbocycles. The van der Waals surface area contributed by atoms with Gasteiger partial charge in [-0.25, -0.2) is 4.79 Å². The van der Waals surface area contributed by atoms with Gasteiger partial charge in [-0.15, -0.1) is 0 Å². The number of carbonyl (C=O) groups is 1. The molecule has 0 radical (unpaired) electrons. The molecule has 0 N–H and O–H groups in total. The van der Waals surface area contributed by atoms with Gasteiger partial charge in [-0.1, -0.05) is 17.3 Å². The molecule has 3 aromatic rings. The molecule has 6 nitrogen and oxygen atoms in total. The predicted octanol–water partition coefficient (Wildman–Crippen LogP) is 3.95. The largest absolute Gasteiger partial charge is 0.494 e. The van der Waals surface area contributed by atoms with Crippen molar-refractivity contribution in [2.75, 3.05) is 6.61 Å². The quantitative estimate of drug-likeness (QED) is 0.471. The Hall–Kier alpha value is -2.93. The summed E-state index contributed by atoms with van der Waals surface area (Å²) >= 11 is 1.54. The molecule has 0 atom stereocenters.